The van der Waals surface area contributed by atoms with Gasteiger partial charge in [-0.1, -0.05) is 0 Å². The number of sulfonamides is 1. The Kier molecular flexibility index (Phi) is 4.66. The number of anilines is 1. The molecule has 5 nitrogen and oxygen atoms in total. The fourth-order valence-electron chi connectivity index (χ4n) is 2.22. The maximum Gasteiger partial charge on any atom is 0.416 e. The summed E-state index contributed by atoms with van der Waals surface area (Å²) < 4.78 is 64.5. The van der Waals surface area contributed by atoms with Crippen LogP contribution in [0.1, 0.15) is 28.8 Å². The normalized spacial score (nSPS) is 14.7. The Morgan fingerprint density at radius 3 is 2.04 bits per heavy atom. The summed E-state index contributed by atoms with van der Waals surface area (Å²) in [6.07, 6.45) is -2.62. The Labute approximate surface area is 148 Å². The summed E-state index contributed by atoms with van der Waals surface area (Å²) in [7, 11) is -4.04. The zero-order valence-electron chi connectivity index (χ0n) is 13.4. The van der Waals surface area contributed by atoms with Gasteiger partial charge in [0.05, 0.1) is 10.5 Å². The maximum absolute atomic E-state index is 12.6. The highest BCUT2D eigenvalue weighted by molar-refractivity contribution is 7.92. The number of halogens is 3. The van der Waals surface area contributed by atoms with Crippen molar-refractivity contribution in [2.45, 2.75) is 30.0 Å². The van der Waals surface area contributed by atoms with E-state index in [4.69, 9.17) is 0 Å². The summed E-state index contributed by atoms with van der Waals surface area (Å²) in [5.41, 5.74) is -0.329. The first-order valence-corrected chi connectivity index (χ1v) is 9.24. The molecule has 2 aromatic carbocycles. The Balaban J connectivity index is 1.71. The highest BCUT2D eigenvalue weighted by atomic mass is 32.2. The van der Waals surface area contributed by atoms with Gasteiger partial charge >= 0.3 is 6.18 Å². The van der Waals surface area contributed by atoms with Gasteiger partial charge < -0.3 is 5.32 Å². The molecule has 9 heteroatoms. The van der Waals surface area contributed by atoms with E-state index >= 15 is 0 Å². The average Bonchev–Trinajstić information content (AvgIpc) is 3.38. The number of alkyl halides is 3. The van der Waals surface area contributed by atoms with Crippen LogP contribution >= 0.6 is 0 Å². The van der Waals surface area contributed by atoms with Gasteiger partial charge in [-0.2, -0.15) is 13.2 Å². The Hall–Kier alpha value is -2.55. The summed E-state index contributed by atoms with van der Waals surface area (Å²) >= 11 is 0. The van der Waals surface area contributed by atoms with Crippen molar-refractivity contribution in [3.05, 3.63) is 59.7 Å². The number of amides is 1. The SMILES string of the molecule is O=C(NC1CC1)c1ccc(NS(=O)(=O)c2ccc(C(F)(F)F)cc2)cc1. The van der Waals surface area contributed by atoms with Crippen molar-refractivity contribution in [3.63, 3.8) is 0 Å². The van der Waals surface area contributed by atoms with E-state index in [1.165, 1.54) is 24.3 Å². The summed E-state index contributed by atoms with van der Waals surface area (Å²) in [4.78, 5) is 11.6. The summed E-state index contributed by atoms with van der Waals surface area (Å²) in [6.45, 7) is 0. The van der Waals surface area contributed by atoms with Crippen LogP contribution in [0.3, 0.4) is 0 Å². The van der Waals surface area contributed by atoms with Gasteiger partial charge in [0.1, 0.15) is 0 Å². The fraction of sp³-hybridized carbons (Fsp3) is 0.235. The first-order valence-electron chi connectivity index (χ1n) is 7.76. The third-order valence-corrected chi connectivity index (χ3v) is 5.20. The molecule has 2 aromatic rings. The quantitative estimate of drug-likeness (QED) is 0.830. The summed E-state index contributed by atoms with van der Waals surface area (Å²) in [5.74, 6) is -0.232. The van der Waals surface area contributed by atoms with Gasteiger partial charge in [-0.05, 0) is 61.4 Å². The minimum atomic E-state index is -4.54. The van der Waals surface area contributed by atoms with E-state index in [0.717, 1.165) is 25.0 Å². The molecule has 0 aromatic heterocycles. The Bertz CT molecular complexity index is 904. The molecule has 26 heavy (non-hydrogen) atoms. The molecule has 0 spiro atoms. The van der Waals surface area contributed by atoms with Crippen molar-refractivity contribution in [1.82, 2.24) is 5.32 Å². The van der Waals surface area contributed by atoms with E-state index in [0.29, 0.717) is 17.7 Å². The zero-order chi connectivity index (χ0) is 18.9. The minimum Gasteiger partial charge on any atom is -0.349 e. The van der Waals surface area contributed by atoms with E-state index in [9.17, 15) is 26.4 Å². The number of rotatable bonds is 5. The molecule has 0 radical (unpaired) electrons. The van der Waals surface area contributed by atoms with E-state index in [-0.39, 0.29) is 22.5 Å². The Morgan fingerprint density at radius 1 is 0.962 bits per heavy atom. The fourth-order valence-corrected chi connectivity index (χ4v) is 3.28. The number of benzene rings is 2. The van der Waals surface area contributed by atoms with Crippen LogP contribution < -0.4 is 10.0 Å². The smallest absolute Gasteiger partial charge is 0.349 e. The summed E-state index contributed by atoms with van der Waals surface area (Å²) in [5, 5.41) is 2.81. The van der Waals surface area contributed by atoms with Crippen molar-refractivity contribution in [2.75, 3.05) is 4.72 Å². The van der Waals surface area contributed by atoms with Crippen molar-refractivity contribution >= 4 is 21.6 Å². The van der Waals surface area contributed by atoms with Crippen LogP contribution in [0.15, 0.2) is 53.4 Å². The molecule has 0 saturated heterocycles. The predicted octanol–water partition coefficient (Wildman–Crippen LogP) is 3.40. The summed E-state index contributed by atoms with van der Waals surface area (Å²) in [6, 6.07) is 9.20. The largest absolute Gasteiger partial charge is 0.416 e. The third kappa shape index (κ3) is 4.34. The van der Waals surface area contributed by atoms with Gasteiger partial charge in [0, 0.05) is 17.3 Å². The first kappa shape index (κ1) is 18.2. The van der Waals surface area contributed by atoms with Gasteiger partial charge in [-0.3, -0.25) is 9.52 Å². The number of hydrogen-bond donors (Lipinski definition) is 2. The molecule has 3 rings (SSSR count). The lowest BCUT2D eigenvalue weighted by molar-refractivity contribution is -0.137. The molecule has 2 N–H and O–H groups in total. The predicted molar refractivity (Wildman–Crippen MR) is 89.2 cm³/mol. The van der Waals surface area contributed by atoms with Crippen LogP contribution in [0, 0.1) is 0 Å². The first-order chi connectivity index (χ1) is 12.1. The van der Waals surface area contributed by atoms with Crippen LogP contribution in [0.25, 0.3) is 0 Å². The van der Waals surface area contributed by atoms with Gasteiger partial charge in [-0.25, -0.2) is 8.42 Å². The van der Waals surface area contributed by atoms with Crippen LogP contribution in [0.4, 0.5) is 18.9 Å². The molecule has 1 amide bonds. The lowest BCUT2D eigenvalue weighted by atomic mass is 10.2. The second kappa shape index (κ2) is 6.64. The molecule has 1 aliphatic rings. The number of hydrogen-bond acceptors (Lipinski definition) is 3. The molecule has 0 atom stereocenters. The third-order valence-electron chi connectivity index (χ3n) is 3.80. The molecule has 0 unspecified atom stereocenters. The van der Waals surface area contributed by atoms with Crippen LogP contribution in [-0.2, 0) is 16.2 Å². The zero-order valence-corrected chi connectivity index (χ0v) is 14.2. The molecule has 1 saturated carbocycles. The molecule has 0 bridgehead atoms. The highest BCUT2D eigenvalue weighted by Crippen LogP contribution is 2.30. The van der Waals surface area contributed by atoms with Gasteiger partial charge in [0.25, 0.3) is 15.9 Å². The molecule has 0 heterocycles. The van der Waals surface area contributed by atoms with E-state index in [1.54, 1.807) is 0 Å². The lowest BCUT2D eigenvalue weighted by Crippen LogP contribution is -2.25. The molecule has 138 valence electrons. The number of nitrogens with one attached hydrogen (secondary N) is 2. The minimum absolute atomic E-state index is 0.202. The monoisotopic (exact) mass is 384 g/mol. The van der Waals surface area contributed by atoms with E-state index < -0.39 is 21.8 Å². The van der Waals surface area contributed by atoms with E-state index in [2.05, 4.69) is 10.0 Å². The van der Waals surface area contributed by atoms with Crippen molar-refractivity contribution in [1.29, 1.82) is 0 Å². The van der Waals surface area contributed by atoms with Crippen LogP contribution in [-0.4, -0.2) is 20.4 Å². The topological polar surface area (TPSA) is 75.3 Å². The van der Waals surface area contributed by atoms with Crippen molar-refractivity contribution in [3.8, 4) is 0 Å². The van der Waals surface area contributed by atoms with Gasteiger partial charge in [-0.15, -0.1) is 0 Å². The Morgan fingerprint density at radius 2 is 1.54 bits per heavy atom. The standard InChI is InChI=1S/C17H15F3N2O3S/c18-17(19,20)12-3-9-15(10-4-12)26(24,25)22-14-5-1-11(2-6-14)16(23)21-13-7-8-13/h1-6,9-10,13,22H,7-8H2,(H,21,23). The molecular weight excluding hydrogens is 369 g/mol. The van der Waals surface area contributed by atoms with E-state index in [1.807, 2.05) is 0 Å². The molecule has 0 aliphatic heterocycles. The average molecular weight is 384 g/mol. The molecule has 1 aliphatic carbocycles. The maximum atomic E-state index is 12.6. The second-order valence-electron chi connectivity index (χ2n) is 5.95. The van der Waals surface area contributed by atoms with Crippen LogP contribution in [0.2, 0.25) is 0 Å². The lowest BCUT2D eigenvalue weighted by Gasteiger charge is -2.11. The highest BCUT2D eigenvalue weighted by Gasteiger charge is 2.30. The second-order valence-corrected chi connectivity index (χ2v) is 7.64. The number of carbonyl (C=O) groups is 1. The van der Waals surface area contributed by atoms with Crippen LogP contribution in [0.5, 0.6) is 0 Å². The molecule has 1 fully saturated rings. The van der Waals surface area contributed by atoms with Crippen molar-refractivity contribution < 1.29 is 26.4 Å². The van der Waals surface area contributed by atoms with Gasteiger partial charge in [0.15, 0.2) is 0 Å². The number of carbonyl (C=O) groups excluding carboxylic acids is 1. The molecular formula is C17H15F3N2O3S. The van der Waals surface area contributed by atoms with Crippen molar-refractivity contribution in [2.24, 2.45) is 0 Å². The van der Waals surface area contributed by atoms with Gasteiger partial charge in [0.2, 0.25) is 0 Å².